The molecule has 6 nitrogen and oxygen atoms in total. The molecule has 0 aromatic carbocycles. The smallest absolute Gasteiger partial charge is 0.274 e. The van der Waals surface area contributed by atoms with Gasteiger partial charge in [0.25, 0.3) is 5.56 Å². The third kappa shape index (κ3) is 2.34. The Morgan fingerprint density at radius 2 is 2.30 bits per heavy atom. The van der Waals surface area contributed by atoms with Crippen molar-refractivity contribution in [3.63, 3.8) is 0 Å². The van der Waals surface area contributed by atoms with E-state index < -0.39 is 0 Å². The number of ether oxygens (including phenoxy) is 1. The van der Waals surface area contributed by atoms with Crippen LogP contribution in [0.15, 0.2) is 35.5 Å². The second-order valence-corrected chi connectivity index (χ2v) is 4.93. The summed E-state index contributed by atoms with van der Waals surface area (Å²) in [4.78, 5) is 12.5. The normalized spacial score (nSPS) is 21.9. The molecule has 0 saturated carbocycles. The minimum absolute atomic E-state index is 0.0980. The van der Waals surface area contributed by atoms with E-state index in [9.17, 15) is 4.79 Å². The van der Waals surface area contributed by atoms with Crippen molar-refractivity contribution in [3.8, 4) is 0 Å². The van der Waals surface area contributed by atoms with Crippen molar-refractivity contribution in [1.29, 1.82) is 0 Å². The van der Waals surface area contributed by atoms with Gasteiger partial charge in [0.05, 0.1) is 11.9 Å². The molecule has 20 heavy (non-hydrogen) atoms. The number of hydrogen-bond acceptors (Lipinski definition) is 5. The maximum Gasteiger partial charge on any atom is 0.274 e. The van der Waals surface area contributed by atoms with Crippen LogP contribution < -0.4 is 16.0 Å². The lowest BCUT2D eigenvalue weighted by Crippen LogP contribution is -2.36. The van der Waals surface area contributed by atoms with Crippen LogP contribution in [0, 0.1) is 6.92 Å². The Hall–Kier alpha value is -2.08. The molecule has 106 valence electrons. The first-order chi connectivity index (χ1) is 9.77. The van der Waals surface area contributed by atoms with Gasteiger partial charge in [-0.2, -0.15) is 5.10 Å². The summed E-state index contributed by atoms with van der Waals surface area (Å²) < 4.78 is 7.09. The first-order valence-electron chi connectivity index (χ1n) is 6.86. The highest BCUT2D eigenvalue weighted by Crippen LogP contribution is 2.22. The fraction of sp³-hybridized carbons (Fsp3) is 0.429. The van der Waals surface area contributed by atoms with Gasteiger partial charge >= 0.3 is 0 Å². The van der Waals surface area contributed by atoms with E-state index in [1.807, 2.05) is 25.3 Å². The minimum Gasteiger partial charge on any atom is -0.356 e. The maximum atomic E-state index is 12.5. The first kappa shape index (κ1) is 12.9. The molecule has 6 heteroatoms. The van der Waals surface area contributed by atoms with Crippen LogP contribution in [0.2, 0.25) is 0 Å². The quantitative estimate of drug-likeness (QED) is 0.887. The molecule has 2 aliphatic rings. The summed E-state index contributed by atoms with van der Waals surface area (Å²) in [5.74, 6) is 0. The van der Waals surface area contributed by atoms with Crippen molar-refractivity contribution < 1.29 is 4.74 Å². The Balaban J connectivity index is 1.92. The summed E-state index contributed by atoms with van der Waals surface area (Å²) in [6.45, 7) is 2.51. The van der Waals surface area contributed by atoms with Crippen LogP contribution >= 0.6 is 0 Å². The molecule has 1 atom stereocenters. The van der Waals surface area contributed by atoms with Gasteiger partial charge in [-0.25, -0.2) is 4.68 Å². The number of nitrogens with zero attached hydrogens (tertiary/aromatic N) is 3. The predicted octanol–water partition coefficient (Wildman–Crippen LogP) is 1.60. The highest BCUT2D eigenvalue weighted by molar-refractivity contribution is 5.52. The minimum atomic E-state index is -0.228. The number of nitrogens with one attached hydrogen (secondary N) is 1. The van der Waals surface area contributed by atoms with E-state index in [-0.39, 0.29) is 11.8 Å². The van der Waals surface area contributed by atoms with E-state index in [4.69, 9.17) is 4.74 Å². The largest absolute Gasteiger partial charge is 0.356 e. The van der Waals surface area contributed by atoms with Crippen molar-refractivity contribution in [2.24, 2.45) is 0 Å². The summed E-state index contributed by atoms with van der Waals surface area (Å²) in [5.41, 5.74) is 4.36. The van der Waals surface area contributed by atoms with Gasteiger partial charge in [0.1, 0.15) is 0 Å². The average molecular weight is 274 g/mol. The molecule has 1 unspecified atom stereocenters. The molecule has 0 aliphatic carbocycles. The molecule has 1 fully saturated rings. The Morgan fingerprint density at radius 1 is 1.40 bits per heavy atom. The molecule has 0 bridgehead atoms. The average Bonchev–Trinajstić information content (AvgIpc) is 2.52. The van der Waals surface area contributed by atoms with Crippen molar-refractivity contribution in [1.82, 2.24) is 15.2 Å². The number of anilines is 1. The zero-order chi connectivity index (χ0) is 13.9. The Kier molecular flexibility index (Phi) is 3.56. The maximum absolute atomic E-state index is 12.5. The third-order valence-corrected chi connectivity index (χ3v) is 3.56. The highest BCUT2D eigenvalue weighted by Gasteiger charge is 2.20. The number of aromatic nitrogens is 2. The van der Waals surface area contributed by atoms with Crippen LogP contribution in [0.1, 0.15) is 31.1 Å². The molecule has 1 N–H and O–H groups in total. The van der Waals surface area contributed by atoms with Gasteiger partial charge in [-0.05, 0) is 38.3 Å². The fourth-order valence-corrected chi connectivity index (χ4v) is 2.42. The molecule has 0 spiro atoms. The topological polar surface area (TPSA) is 59.4 Å². The zero-order valence-electron chi connectivity index (χ0n) is 11.5. The lowest BCUT2D eigenvalue weighted by Gasteiger charge is -2.26. The summed E-state index contributed by atoms with van der Waals surface area (Å²) in [7, 11) is 0. The Morgan fingerprint density at radius 3 is 3.00 bits per heavy atom. The van der Waals surface area contributed by atoms with Gasteiger partial charge in [0, 0.05) is 24.6 Å². The molecule has 2 aliphatic heterocycles. The molecule has 1 aromatic heterocycles. The second kappa shape index (κ2) is 5.50. The van der Waals surface area contributed by atoms with Crippen molar-refractivity contribution in [2.75, 3.05) is 11.6 Å². The number of hydrazine groups is 1. The Bertz CT molecular complexity index is 600. The van der Waals surface area contributed by atoms with E-state index in [0.29, 0.717) is 12.2 Å². The molecular weight excluding hydrogens is 256 g/mol. The van der Waals surface area contributed by atoms with E-state index in [0.717, 1.165) is 24.9 Å². The lowest BCUT2D eigenvalue weighted by atomic mass is 10.2. The molecule has 0 amide bonds. The summed E-state index contributed by atoms with van der Waals surface area (Å²) in [5, 5.41) is 6.05. The molecule has 1 aromatic rings. The molecule has 3 rings (SSSR count). The van der Waals surface area contributed by atoms with Crippen molar-refractivity contribution in [2.45, 2.75) is 32.4 Å². The van der Waals surface area contributed by atoms with Gasteiger partial charge in [-0.3, -0.25) is 9.80 Å². The van der Waals surface area contributed by atoms with E-state index >= 15 is 0 Å². The second-order valence-electron chi connectivity index (χ2n) is 4.93. The van der Waals surface area contributed by atoms with E-state index in [1.54, 1.807) is 17.4 Å². The summed E-state index contributed by atoms with van der Waals surface area (Å²) in [6, 6.07) is 0. The molecule has 1 saturated heterocycles. The van der Waals surface area contributed by atoms with Gasteiger partial charge in [0.15, 0.2) is 6.23 Å². The SMILES string of the molecule is Cc1c(N2C=CC=CN2)cnn(C2CCCCO2)c1=O. The Labute approximate surface area is 117 Å². The fourth-order valence-electron chi connectivity index (χ4n) is 2.42. The van der Waals surface area contributed by atoms with Crippen LogP contribution in [-0.4, -0.2) is 16.4 Å². The van der Waals surface area contributed by atoms with Crippen LogP contribution in [0.5, 0.6) is 0 Å². The molecule has 0 radical (unpaired) electrons. The number of hydrogen-bond donors (Lipinski definition) is 1. The van der Waals surface area contributed by atoms with Crippen LogP contribution in [0.3, 0.4) is 0 Å². The first-order valence-corrected chi connectivity index (χ1v) is 6.86. The lowest BCUT2D eigenvalue weighted by molar-refractivity contribution is -0.0425. The monoisotopic (exact) mass is 274 g/mol. The van der Waals surface area contributed by atoms with Gasteiger partial charge < -0.3 is 10.2 Å². The van der Waals surface area contributed by atoms with Crippen molar-refractivity contribution >= 4 is 5.69 Å². The van der Waals surface area contributed by atoms with Crippen LogP contribution in [-0.2, 0) is 4.74 Å². The summed E-state index contributed by atoms with van der Waals surface area (Å²) >= 11 is 0. The summed E-state index contributed by atoms with van der Waals surface area (Å²) in [6.07, 6.45) is 11.9. The van der Waals surface area contributed by atoms with Crippen molar-refractivity contribution in [3.05, 3.63) is 46.7 Å². The highest BCUT2D eigenvalue weighted by atomic mass is 16.5. The molecule has 3 heterocycles. The third-order valence-electron chi connectivity index (χ3n) is 3.56. The molecular formula is C14H18N4O2. The zero-order valence-corrected chi connectivity index (χ0v) is 11.5. The number of allylic oxidation sites excluding steroid dienone is 2. The van der Waals surface area contributed by atoms with Gasteiger partial charge in [-0.1, -0.05) is 0 Å². The standard InChI is InChI=1S/C14H18N4O2/c1-11-12(17-8-4-3-7-15-17)10-16-18(14(11)19)13-6-2-5-9-20-13/h3-4,7-8,10,13,15H,2,5-6,9H2,1H3. The van der Waals surface area contributed by atoms with E-state index in [1.165, 1.54) is 4.68 Å². The van der Waals surface area contributed by atoms with Crippen LogP contribution in [0.25, 0.3) is 0 Å². The predicted molar refractivity (Wildman–Crippen MR) is 76.0 cm³/mol. The van der Waals surface area contributed by atoms with Gasteiger partial charge in [-0.15, -0.1) is 0 Å². The van der Waals surface area contributed by atoms with Crippen LogP contribution in [0.4, 0.5) is 5.69 Å². The van der Waals surface area contributed by atoms with Gasteiger partial charge in [0.2, 0.25) is 0 Å². The number of rotatable bonds is 2. The van der Waals surface area contributed by atoms with E-state index in [2.05, 4.69) is 10.5 Å².